The number of nitrogens with zero attached hydrogens (tertiary/aromatic N) is 2. The summed E-state index contributed by atoms with van der Waals surface area (Å²) < 4.78 is 48.2. The molecule has 5 nitrogen and oxygen atoms in total. The van der Waals surface area contributed by atoms with Crippen LogP contribution >= 0.6 is 0 Å². The number of likely N-dealkylation sites (tertiary alicyclic amines) is 1. The first-order chi connectivity index (χ1) is 7.79. The number of amides is 2. The molecule has 98 valence electrons. The third-order valence-electron chi connectivity index (χ3n) is 3.06. The van der Waals surface area contributed by atoms with Gasteiger partial charge >= 0.3 is 6.03 Å². The number of carbonyl (C=O) groups is 1. The SMILES string of the molecule is O=C(N1CCS(=O)(=O)CC1)N1CCC(F)(F)C1. The molecule has 0 atom stereocenters. The summed E-state index contributed by atoms with van der Waals surface area (Å²) in [5, 5.41) is 0. The summed E-state index contributed by atoms with van der Waals surface area (Å²) >= 11 is 0. The maximum absolute atomic E-state index is 12.9. The Labute approximate surface area is 98.3 Å². The van der Waals surface area contributed by atoms with Gasteiger partial charge in [-0.25, -0.2) is 22.0 Å². The molecule has 0 aromatic heterocycles. The van der Waals surface area contributed by atoms with E-state index in [-0.39, 0.29) is 37.6 Å². The van der Waals surface area contributed by atoms with Crippen molar-refractivity contribution in [3.63, 3.8) is 0 Å². The van der Waals surface area contributed by atoms with E-state index in [1.165, 1.54) is 4.90 Å². The molecule has 0 aromatic rings. The highest BCUT2D eigenvalue weighted by Gasteiger charge is 2.42. The third-order valence-corrected chi connectivity index (χ3v) is 4.66. The molecule has 0 unspecified atom stereocenters. The minimum Gasteiger partial charge on any atom is -0.323 e. The average molecular weight is 268 g/mol. The van der Waals surface area contributed by atoms with Crippen molar-refractivity contribution in [2.75, 3.05) is 37.7 Å². The zero-order valence-corrected chi connectivity index (χ0v) is 10.0. The number of rotatable bonds is 0. The van der Waals surface area contributed by atoms with Crippen molar-refractivity contribution >= 4 is 15.9 Å². The van der Waals surface area contributed by atoms with E-state index in [4.69, 9.17) is 0 Å². The van der Waals surface area contributed by atoms with Crippen LogP contribution in [0.15, 0.2) is 0 Å². The molecule has 17 heavy (non-hydrogen) atoms. The van der Waals surface area contributed by atoms with Gasteiger partial charge in [0.15, 0.2) is 9.84 Å². The number of urea groups is 1. The molecular formula is C9H14F2N2O3S. The first-order valence-electron chi connectivity index (χ1n) is 5.41. The van der Waals surface area contributed by atoms with Crippen LogP contribution in [0.2, 0.25) is 0 Å². The zero-order chi connectivity index (χ0) is 12.7. The zero-order valence-electron chi connectivity index (χ0n) is 9.23. The lowest BCUT2D eigenvalue weighted by Gasteiger charge is -2.30. The molecule has 8 heteroatoms. The maximum atomic E-state index is 12.9. The van der Waals surface area contributed by atoms with E-state index in [0.29, 0.717) is 0 Å². The van der Waals surface area contributed by atoms with Gasteiger partial charge in [0, 0.05) is 26.1 Å². The standard InChI is InChI=1S/C9H14F2N2O3S/c10-9(11)1-2-13(7-9)8(14)12-3-5-17(15,16)6-4-12/h1-7H2. The Morgan fingerprint density at radius 2 is 1.65 bits per heavy atom. The summed E-state index contributed by atoms with van der Waals surface area (Å²) in [6, 6.07) is -0.475. The van der Waals surface area contributed by atoms with Crippen LogP contribution in [0.1, 0.15) is 6.42 Å². The summed E-state index contributed by atoms with van der Waals surface area (Å²) in [5.74, 6) is -2.97. The van der Waals surface area contributed by atoms with Crippen molar-refractivity contribution in [1.82, 2.24) is 9.80 Å². The van der Waals surface area contributed by atoms with Gasteiger partial charge in [-0.15, -0.1) is 0 Å². The van der Waals surface area contributed by atoms with Crippen molar-refractivity contribution in [3.05, 3.63) is 0 Å². The maximum Gasteiger partial charge on any atom is 0.320 e. The third kappa shape index (κ3) is 2.85. The number of halogens is 2. The number of hydrogen-bond donors (Lipinski definition) is 0. The molecular weight excluding hydrogens is 254 g/mol. The van der Waals surface area contributed by atoms with Gasteiger partial charge in [-0.05, 0) is 0 Å². The van der Waals surface area contributed by atoms with Crippen molar-refractivity contribution in [3.8, 4) is 0 Å². The molecule has 2 amide bonds. The normalized spacial score (nSPS) is 27.2. The molecule has 2 aliphatic heterocycles. The van der Waals surface area contributed by atoms with Crippen LogP contribution in [0.5, 0.6) is 0 Å². The summed E-state index contributed by atoms with van der Waals surface area (Å²) in [6.07, 6.45) is -0.315. The quantitative estimate of drug-likeness (QED) is 0.629. The Bertz CT molecular complexity index is 410. The highest BCUT2D eigenvalue weighted by Crippen LogP contribution is 2.27. The van der Waals surface area contributed by atoms with Crippen LogP contribution in [0.4, 0.5) is 13.6 Å². The molecule has 0 aliphatic carbocycles. The predicted octanol–water partition coefficient (Wildman–Crippen LogP) is 0.178. The van der Waals surface area contributed by atoms with Crippen LogP contribution in [-0.2, 0) is 9.84 Å². The van der Waals surface area contributed by atoms with Crippen molar-refractivity contribution in [2.45, 2.75) is 12.3 Å². The Kier molecular flexibility index (Phi) is 3.01. The smallest absolute Gasteiger partial charge is 0.320 e. The number of sulfone groups is 1. The fraction of sp³-hybridized carbons (Fsp3) is 0.889. The minimum absolute atomic E-state index is 0.0368. The Morgan fingerprint density at radius 1 is 1.06 bits per heavy atom. The van der Waals surface area contributed by atoms with Crippen molar-refractivity contribution in [2.24, 2.45) is 0 Å². The van der Waals surface area contributed by atoms with Crippen LogP contribution in [0.3, 0.4) is 0 Å². The predicted molar refractivity (Wildman–Crippen MR) is 56.8 cm³/mol. The van der Waals surface area contributed by atoms with Gasteiger partial charge in [0.25, 0.3) is 5.92 Å². The van der Waals surface area contributed by atoms with Crippen molar-refractivity contribution < 1.29 is 22.0 Å². The lowest BCUT2D eigenvalue weighted by Crippen LogP contribution is -2.49. The fourth-order valence-electron chi connectivity index (χ4n) is 2.00. The van der Waals surface area contributed by atoms with E-state index in [0.717, 1.165) is 4.90 Å². The van der Waals surface area contributed by atoms with Gasteiger partial charge in [-0.3, -0.25) is 0 Å². The van der Waals surface area contributed by atoms with Crippen LogP contribution in [-0.4, -0.2) is 67.9 Å². The van der Waals surface area contributed by atoms with Gasteiger partial charge in [0.1, 0.15) is 0 Å². The van der Waals surface area contributed by atoms with E-state index in [9.17, 15) is 22.0 Å². The first-order valence-corrected chi connectivity index (χ1v) is 7.23. The lowest BCUT2D eigenvalue weighted by molar-refractivity contribution is 0.0139. The summed E-state index contributed by atoms with van der Waals surface area (Å²) in [5.41, 5.74) is 0. The Morgan fingerprint density at radius 3 is 2.12 bits per heavy atom. The van der Waals surface area contributed by atoms with Crippen LogP contribution < -0.4 is 0 Å². The van der Waals surface area contributed by atoms with Gasteiger partial charge in [0.05, 0.1) is 18.1 Å². The van der Waals surface area contributed by atoms with E-state index < -0.39 is 28.3 Å². The molecule has 0 aromatic carbocycles. The summed E-state index contributed by atoms with van der Waals surface area (Å²) in [7, 11) is -3.06. The van der Waals surface area contributed by atoms with E-state index in [1.54, 1.807) is 0 Å². The summed E-state index contributed by atoms with van der Waals surface area (Å²) in [4.78, 5) is 14.3. The highest BCUT2D eigenvalue weighted by atomic mass is 32.2. The molecule has 2 aliphatic rings. The second-order valence-electron chi connectivity index (χ2n) is 4.45. The monoisotopic (exact) mass is 268 g/mol. The van der Waals surface area contributed by atoms with E-state index in [2.05, 4.69) is 0 Å². The highest BCUT2D eigenvalue weighted by molar-refractivity contribution is 7.91. The van der Waals surface area contributed by atoms with Gasteiger partial charge < -0.3 is 9.80 Å². The minimum atomic E-state index is -3.06. The molecule has 2 saturated heterocycles. The average Bonchev–Trinajstić information content (AvgIpc) is 2.58. The van der Waals surface area contributed by atoms with Gasteiger partial charge in [-0.2, -0.15) is 0 Å². The molecule has 2 rings (SSSR count). The first kappa shape index (κ1) is 12.5. The number of hydrogen-bond acceptors (Lipinski definition) is 3. The molecule has 2 heterocycles. The van der Waals surface area contributed by atoms with E-state index in [1.807, 2.05) is 0 Å². The summed E-state index contributed by atoms with van der Waals surface area (Å²) in [6.45, 7) is -0.323. The Balaban J connectivity index is 1.94. The van der Waals surface area contributed by atoms with E-state index >= 15 is 0 Å². The molecule has 0 spiro atoms. The molecule has 0 saturated carbocycles. The fourth-order valence-corrected chi connectivity index (χ4v) is 3.20. The number of alkyl halides is 2. The molecule has 2 fully saturated rings. The largest absolute Gasteiger partial charge is 0.323 e. The van der Waals surface area contributed by atoms with Gasteiger partial charge in [-0.1, -0.05) is 0 Å². The molecule has 0 radical (unpaired) electrons. The lowest BCUT2D eigenvalue weighted by atomic mass is 10.3. The topological polar surface area (TPSA) is 57.7 Å². The van der Waals surface area contributed by atoms with Crippen LogP contribution in [0, 0.1) is 0 Å². The Hall–Kier alpha value is -0.920. The second-order valence-corrected chi connectivity index (χ2v) is 6.75. The van der Waals surface area contributed by atoms with Crippen molar-refractivity contribution in [1.29, 1.82) is 0 Å². The van der Waals surface area contributed by atoms with Gasteiger partial charge in [0.2, 0.25) is 0 Å². The molecule has 0 N–H and O–H groups in total. The van der Waals surface area contributed by atoms with Crippen LogP contribution in [0.25, 0.3) is 0 Å². The number of carbonyl (C=O) groups excluding carboxylic acids is 1. The second kappa shape index (κ2) is 4.08. The molecule has 0 bridgehead atoms.